The van der Waals surface area contributed by atoms with Gasteiger partial charge in [-0.3, -0.25) is 9.69 Å². The van der Waals surface area contributed by atoms with Gasteiger partial charge in [-0.05, 0) is 69.5 Å². The number of fused-ring (bicyclic) bond motifs is 1. The third-order valence-corrected chi connectivity index (χ3v) is 5.82. The highest BCUT2D eigenvalue weighted by molar-refractivity contribution is 9.10. The molecule has 0 saturated carbocycles. The average Bonchev–Trinajstić information content (AvgIpc) is 3.07. The Morgan fingerprint density at radius 3 is 2.59 bits per heavy atom. The molecule has 0 atom stereocenters. The van der Waals surface area contributed by atoms with Gasteiger partial charge in [-0.1, -0.05) is 38.9 Å². The lowest BCUT2D eigenvalue weighted by Crippen LogP contribution is -2.36. The second kappa shape index (κ2) is 11.1. The van der Waals surface area contributed by atoms with Crippen molar-refractivity contribution < 1.29 is 9.53 Å². The molecule has 2 aromatic carbocycles. The number of halogens is 3. The summed E-state index contributed by atoms with van der Waals surface area (Å²) in [6.07, 6.45) is 0.847. The van der Waals surface area contributed by atoms with Gasteiger partial charge >= 0.3 is 0 Å². The van der Waals surface area contributed by atoms with Crippen LogP contribution in [0.5, 0.6) is 5.75 Å². The van der Waals surface area contributed by atoms with E-state index in [9.17, 15) is 4.79 Å². The van der Waals surface area contributed by atoms with Crippen molar-refractivity contribution in [2.75, 3.05) is 38.7 Å². The first-order valence-electron chi connectivity index (χ1n) is 8.82. The Bertz CT molecular complexity index is 951. The molecule has 0 saturated heterocycles. The van der Waals surface area contributed by atoms with Crippen molar-refractivity contribution in [3.05, 3.63) is 52.0 Å². The summed E-state index contributed by atoms with van der Waals surface area (Å²) in [6, 6.07) is 12.9. The van der Waals surface area contributed by atoms with Gasteiger partial charge in [0.15, 0.2) is 11.7 Å². The molecule has 1 heterocycles. The van der Waals surface area contributed by atoms with Gasteiger partial charge in [0.25, 0.3) is 5.91 Å². The first kappa shape index (κ1) is 23.9. The summed E-state index contributed by atoms with van der Waals surface area (Å²) < 4.78 is 7.68. The number of thiazole rings is 1. The van der Waals surface area contributed by atoms with Crippen molar-refractivity contribution in [3.8, 4) is 5.75 Å². The Morgan fingerprint density at radius 2 is 1.90 bits per heavy atom. The van der Waals surface area contributed by atoms with E-state index in [0.29, 0.717) is 22.4 Å². The topological polar surface area (TPSA) is 45.7 Å². The molecule has 0 aliphatic carbocycles. The Kier molecular flexibility index (Phi) is 9.17. The second-order valence-electron chi connectivity index (χ2n) is 6.55. The Morgan fingerprint density at radius 1 is 1.17 bits per heavy atom. The molecule has 9 heteroatoms. The highest BCUT2D eigenvalue weighted by atomic mass is 79.9. The van der Waals surface area contributed by atoms with Crippen LogP contribution in [0.3, 0.4) is 0 Å². The predicted molar refractivity (Wildman–Crippen MR) is 127 cm³/mol. The number of benzene rings is 2. The SMILES string of the molecule is CN(C)CCCN(C(=O)COc1ccc(Cl)cc1)c1nc2ccc(Br)cc2s1.Cl. The lowest BCUT2D eigenvalue weighted by atomic mass is 10.3. The second-order valence-corrected chi connectivity index (χ2v) is 8.91. The monoisotopic (exact) mass is 517 g/mol. The van der Waals surface area contributed by atoms with Gasteiger partial charge in [-0.25, -0.2) is 4.98 Å². The van der Waals surface area contributed by atoms with Crippen LogP contribution in [0.15, 0.2) is 46.9 Å². The quantitative estimate of drug-likeness (QED) is 0.395. The van der Waals surface area contributed by atoms with Gasteiger partial charge in [-0.2, -0.15) is 0 Å². The van der Waals surface area contributed by atoms with E-state index in [2.05, 4.69) is 25.8 Å². The zero-order chi connectivity index (χ0) is 20.1. The molecule has 0 bridgehead atoms. The zero-order valence-corrected chi connectivity index (χ0v) is 20.1. The van der Waals surface area contributed by atoms with Crippen LogP contribution in [0.25, 0.3) is 10.2 Å². The maximum absolute atomic E-state index is 12.9. The number of amides is 1. The highest BCUT2D eigenvalue weighted by Gasteiger charge is 2.20. The molecule has 1 amide bonds. The summed E-state index contributed by atoms with van der Waals surface area (Å²) in [5.74, 6) is 0.492. The molecule has 156 valence electrons. The minimum absolute atomic E-state index is 0. The summed E-state index contributed by atoms with van der Waals surface area (Å²) in [5.41, 5.74) is 0.882. The highest BCUT2D eigenvalue weighted by Crippen LogP contribution is 2.31. The Balaban J connectivity index is 0.00000300. The van der Waals surface area contributed by atoms with Crippen LogP contribution in [0, 0.1) is 0 Å². The lowest BCUT2D eigenvalue weighted by molar-refractivity contribution is -0.120. The number of ether oxygens (including phenoxy) is 1. The first-order valence-corrected chi connectivity index (χ1v) is 10.8. The molecule has 0 radical (unpaired) electrons. The summed E-state index contributed by atoms with van der Waals surface area (Å²) >= 11 is 10.9. The number of rotatable bonds is 8. The van der Waals surface area contributed by atoms with Gasteiger partial charge in [0.05, 0.1) is 10.2 Å². The van der Waals surface area contributed by atoms with E-state index in [1.54, 1.807) is 29.2 Å². The van der Waals surface area contributed by atoms with E-state index in [1.165, 1.54) is 11.3 Å². The minimum Gasteiger partial charge on any atom is -0.484 e. The van der Waals surface area contributed by atoms with Crippen LogP contribution in [0.1, 0.15) is 6.42 Å². The summed E-state index contributed by atoms with van der Waals surface area (Å²) in [4.78, 5) is 21.4. The Hall–Kier alpha value is -1.38. The molecule has 0 N–H and O–H groups in total. The fraction of sp³-hybridized carbons (Fsp3) is 0.300. The number of anilines is 1. The van der Waals surface area contributed by atoms with Crippen LogP contribution in [-0.2, 0) is 4.79 Å². The van der Waals surface area contributed by atoms with E-state index in [4.69, 9.17) is 16.3 Å². The van der Waals surface area contributed by atoms with Crippen molar-refractivity contribution in [1.29, 1.82) is 0 Å². The molecule has 0 unspecified atom stereocenters. The number of hydrogen-bond donors (Lipinski definition) is 0. The third-order valence-electron chi connectivity index (χ3n) is 4.03. The van der Waals surface area contributed by atoms with Crippen LogP contribution in [0.2, 0.25) is 5.02 Å². The largest absolute Gasteiger partial charge is 0.484 e. The molecule has 5 nitrogen and oxygen atoms in total. The van der Waals surface area contributed by atoms with Crippen molar-refractivity contribution in [2.24, 2.45) is 0 Å². The van der Waals surface area contributed by atoms with Crippen LogP contribution < -0.4 is 9.64 Å². The number of aromatic nitrogens is 1. The summed E-state index contributed by atoms with van der Waals surface area (Å²) in [7, 11) is 4.04. The normalized spacial score (nSPS) is 10.8. The summed E-state index contributed by atoms with van der Waals surface area (Å²) in [5, 5.41) is 1.32. The van der Waals surface area contributed by atoms with Gasteiger partial charge in [0.2, 0.25) is 0 Å². The average molecular weight is 519 g/mol. The molecule has 3 aromatic rings. The first-order chi connectivity index (χ1) is 13.4. The Labute approximate surface area is 194 Å². The number of nitrogens with zero attached hydrogens (tertiary/aromatic N) is 3. The number of carbonyl (C=O) groups is 1. The molecule has 0 aliphatic rings. The van der Waals surface area contributed by atoms with Gasteiger partial charge < -0.3 is 9.64 Å². The van der Waals surface area contributed by atoms with E-state index in [-0.39, 0.29) is 24.9 Å². The molecular formula is C20H22BrCl2N3O2S. The third kappa shape index (κ3) is 6.83. The van der Waals surface area contributed by atoms with E-state index < -0.39 is 0 Å². The van der Waals surface area contributed by atoms with Gasteiger partial charge in [-0.15, -0.1) is 12.4 Å². The van der Waals surface area contributed by atoms with E-state index in [1.807, 2.05) is 32.3 Å². The molecule has 0 fully saturated rings. The van der Waals surface area contributed by atoms with E-state index in [0.717, 1.165) is 27.7 Å². The van der Waals surface area contributed by atoms with E-state index >= 15 is 0 Å². The van der Waals surface area contributed by atoms with Crippen molar-refractivity contribution in [3.63, 3.8) is 0 Å². The predicted octanol–water partition coefficient (Wildman–Crippen LogP) is 5.50. The van der Waals surface area contributed by atoms with Crippen LogP contribution >= 0.6 is 51.3 Å². The van der Waals surface area contributed by atoms with Gasteiger partial charge in [0, 0.05) is 16.0 Å². The van der Waals surface area contributed by atoms with Crippen molar-refractivity contribution >= 4 is 72.5 Å². The number of hydrogen-bond acceptors (Lipinski definition) is 5. The molecular weight excluding hydrogens is 497 g/mol. The minimum atomic E-state index is -0.119. The zero-order valence-electron chi connectivity index (χ0n) is 16.1. The fourth-order valence-corrected chi connectivity index (χ4v) is 4.31. The molecule has 3 rings (SSSR count). The maximum Gasteiger partial charge on any atom is 0.266 e. The lowest BCUT2D eigenvalue weighted by Gasteiger charge is -2.21. The van der Waals surface area contributed by atoms with Crippen molar-refractivity contribution in [2.45, 2.75) is 6.42 Å². The van der Waals surface area contributed by atoms with Gasteiger partial charge in [0.1, 0.15) is 5.75 Å². The molecule has 0 spiro atoms. The van der Waals surface area contributed by atoms with Crippen molar-refractivity contribution in [1.82, 2.24) is 9.88 Å². The van der Waals surface area contributed by atoms with Crippen LogP contribution in [-0.4, -0.2) is 49.6 Å². The number of carbonyl (C=O) groups excluding carboxylic acids is 1. The molecule has 1 aromatic heterocycles. The fourth-order valence-electron chi connectivity index (χ4n) is 2.63. The summed E-state index contributed by atoms with van der Waals surface area (Å²) in [6.45, 7) is 1.42. The molecule has 0 aliphatic heterocycles. The maximum atomic E-state index is 12.9. The molecule has 29 heavy (non-hydrogen) atoms. The van der Waals surface area contributed by atoms with Crippen LogP contribution in [0.4, 0.5) is 5.13 Å². The standard InChI is InChI=1S/C20H21BrClN3O2S.ClH/c1-24(2)10-3-11-25(19(26)13-27-16-7-5-15(22)6-8-16)20-23-17-9-4-14(21)12-18(17)28-20;/h4-9,12H,3,10-11,13H2,1-2H3;1H. The smallest absolute Gasteiger partial charge is 0.266 e.